The fourth-order valence-corrected chi connectivity index (χ4v) is 8.00. The molecule has 0 aliphatic heterocycles. The zero-order valence-corrected chi connectivity index (χ0v) is 35.3. The fraction of sp³-hybridized carbons (Fsp3) is 0.667. The standard InChI is InChI=1S/C18H31FNO2S.C11H24FNO2S.C7H7Br.BrH/c1-18(2,19)12-15-23(21,22)14-9-8-13-20(3,4)16-17-10-6-5-7-11-17;1-11(2,12)7-10-16(14,15)9-6-5-8-13(3)4;8-6-7-4-2-1-3-5-7;/h5-7,10-11H,8-9,12-16H2,1-4H3;5-10H2,1-4H3;1-5H,6H2;1H/q+1;;;/p-1. The minimum atomic E-state index is -3.14. The second kappa shape index (κ2) is 24.3. The van der Waals surface area contributed by atoms with E-state index < -0.39 is 31.0 Å². The summed E-state index contributed by atoms with van der Waals surface area (Å²) in [5.74, 6) is 0.239. The highest BCUT2D eigenvalue weighted by molar-refractivity contribution is 9.08. The van der Waals surface area contributed by atoms with Gasteiger partial charge in [0.2, 0.25) is 0 Å². The molecule has 48 heavy (non-hydrogen) atoms. The Bertz CT molecular complexity index is 1300. The van der Waals surface area contributed by atoms with E-state index in [-0.39, 0.29) is 52.8 Å². The normalized spacial score (nSPS) is 12.3. The molecule has 6 nitrogen and oxygen atoms in total. The maximum absolute atomic E-state index is 13.4. The van der Waals surface area contributed by atoms with Crippen molar-refractivity contribution in [2.75, 3.05) is 64.3 Å². The maximum Gasteiger partial charge on any atom is 0.150 e. The minimum Gasteiger partial charge on any atom is -1.00 e. The van der Waals surface area contributed by atoms with Crippen LogP contribution in [0.1, 0.15) is 77.3 Å². The molecule has 0 spiro atoms. The van der Waals surface area contributed by atoms with Gasteiger partial charge in [0.1, 0.15) is 37.6 Å². The van der Waals surface area contributed by atoms with Gasteiger partial charge >= 0.3 is 0 Å². The van der Waals surface area contributed by atoms with Crippen LogP contribution in [0.5, 0.6) is 0 Å². The van der Waals surface area contributed by atoms with E-state index in [1.54, 1.807) is 0 Å². The molecule has 280 valence electrons. The summed E-state index contributed by atoms with van der Waals surface area (Å²) in [6.07, 6.45) is 3.19. The molecule has 0 saturated carbocycles. The van der Waals surface area contributed by atoms with Crippen molar-refractivity contribution in [3.63, 3.8) is 0 Å². The topological polar surface area (TPSA) is 71.5 Å². The first-order valence-electron chi connectivity index (χ1n) is 16.4. The molecule has 2 aromatic carbocycles. The number of hydrogen-bond acceptors (Lipinski definition) is 5. The summed E-state index contributed by atoms with van der Waals surface area (Å²) in [4.78, 5) is 2.03. The van der Waals surface area contributed by atoms with Crippen LogP contribution in [-0.4, -0.2) is 102 Å². The average Bonchev–Trinajstić information content (AvgIpc) is 2.96. The smallest absolute Gasteiger partial charge is 0.150 e. The predicted octanol–water partition coefficient (Wildman–Crippen LogP) is 5.06. The van der Waals surface area contributed by atoms with Gasteiger partial charge in [-0.15, -0.1) is 0 Å². The van der Waals surface area contributed by atoms with Crippen LogP contribution in [0.3, 0.4) is 0 Å². The summed E-state index contributed by atoms with van der Waals surface area (Å²) < 4.78 is 74.3. The van der Waals surface area contributed by atoms with E-state index in [0.717, 1.165) is 42.3 Å². The number of alkyl halides is 3. The summed E-state index contributed by atoms with van der Waals surface area (Å²) in [6, 6.07) is 20.6. The average molecular weight is 849 g/mol. The van der Waals surface area contributed by atoms with Gasteiger partial charge in [-0.1, -0.05) is 76.6 Å². The molecule has 0 heterocycles. The Hall–Kier alpha value is -0.920. The number of sulfone groups is 2. The van der Waals surface area contributed by atoms with Gasteiger partial charge in [-0.3, -0.25) is 0 Å². The van der Waals surface area contributed by atoms with E-state index >= 15 is 0 Å². The number of nitrogens with zero attached hydrogens (tertiary/aromatic N) is 2. The van der Waals surface area contributed by atoms with Crippen LogP contribution in [0.25, 0.3) is 0 Å². The predicted molar refractivity (Wildman–Crippen MR) is 200 cm³/mol. The molecule has 12 heteroatoms. The van der Waals surface area contributed by atoms with Crippen molar-refractivity contribution in [2.45, 2.75) is 89.4 Å². The lowest BCUT2D eigenvalue weighted by molar-refractivity contribution is -0.903. The Kier molecular flexibility index (Phi) is 24.9. The summed E-state index contributed by atoms with van der Waals surface area (Å²) in [5, 5.41) is 0.952. The molecule has 0 saturated heterocycles. The van der Waals surface area contributed by atoms with Crippen LogP contribution in [0.4, 0.5) is 8.78 Å². The molecule has 0 amide bonds. The lowest BCUT2D eigenvalue weighted by Gasteiger charge is -2.30. The Morgan fingerprint density at radius 3 is 1.42 bits per heavy atom. The number of rotatable bonds is 19. The van der Waals surface area contributed by atoms with E-state index in [9.17, 15) is 25.6 Å². The van der Waals surface area contributed by atoms with Crippen molar-refractivity contribution in [1.82, 2.24) is 4.90 Å². The first-order chi connectivity index (χ1) is 21.5. The second-order valence-corrected chi connectivity index (χ2v) is 19.5. The van der Waals surface area contributed by atoms with Crippen LogP contribution in [0.2, 0.25) is 0 Å². The van der Waals surface area contributed by atoms with Gasteiger partial charge in [-0.05, 0) is 92.4 Å². The van der Waals surface area contributed by atoms with Crippen LogP contribution >= 0.6 is 15.9 Å². The monoisotopic (exact) mass is 846 g/mol. The maximum atomic E-state index is 13.4. The van der Waals surface area contributed by atoms with E-state index in [1.165, 1.54) is 38.8 Å². The van der Waals surface area contributed by atoms with E-state index in [4.69, 9.17) is 0 Å². The van der Waals surface area contributed by atoms with Gasteiger partial charge in [0.25, 0.3) is 0 Å². The van der Waals surface area contributed by atoms with Gasteiger partial charge in [0.15, 0.2) is 0 Å². The summed E-state index contributed by atoms with van der Waals surface area (Å²) in [7, 11) is 2.03. The molecule has 0 fully saturated rings. The van der Waals surface area contributed by atoms with E-state index in [1.807, 2.05) is 55.4 Å². The fourth-order valence-electron chi connectivity index (χ4n) is 4.34. The van der Waals surface area contributed by atoms with Crippen molar-refractivity contribution in [3.8, 4) is 0 Å². The molecule has 2 aromatic rings. The Morgan fingerprint density at radius 2 is 1.06 bits per heavy atom. The highest BCUT2D eigenvalue weighted by Crippen LogP contribution is 2.17. The number of hydrogen-bond donors (Lipinski definition) is 0. The highest BCUT2D eigenvalue weighted by Gasteiger charge is 2.22. The summed E-state index contributed by atoms with van der Waals surface area (Å²) in [6.45, 7) is 8.42. The van der Waals surface area contributed by atoms with Crippen molar-refractivity contribution < 1.29 is 47.1 Å². The number of quaternary nitrogens is 1. The number of unbranched alkanes of at least 4 members (excludes halogenated alkanes) is 2. The Balaban J connectivity index is 0. The first-order valence-corrected chi connectivity index (χ1v) is 21.2. The third kappa shape index (κ3) is 31.1. The quantitative estimate of drug-likeness (QED) is 0.112. The van der Waals surface area contributed by atoms with E-state index in [0.29, 0.717) is 12.8 Å². The van der Waals surface area contributed by atoms with Gasteiger partial charge in [-0.2, -0.15) is 0 Å². The zero-order chi connectivity index (χ0) is 36.2. The van der Waals surface area contributed by atoms with Crippen LogP contribution in [0, 0.1) is 0 Å². The van der Waals surface area contributed by atoms with Crippen LogP contribution < -0.4 is 17.0 Å². The molecule has 0 aromatic heterocycles. The zero-order valence-electron chi connectivity index (χ0n) is 30.5. The summed E-state index contributed by atoms with van der Waals surface area (Å²) >= 11 is 3.36. The molecule has 2 rings (SSSR count). The lowest BCUT2D eigenvalue weighted by atomic mass is 10.1. The lowest BCUT2D eigenvalue weighted by Crippen LogP contribution is -3.00. The van der Waals surface area contributed by atoms with Crippen LogP contribution in [-0.2, 0) is 31.5 Å². The molecule has 0 aliphatic rings. The number of halogens is 4. The third-order valence-electron chi connectivity index (χ3n) is 7.25. The first kappa shape index (κ1) is 49.2. The Morgan fingerprint density at radius 1 is 0.667 bits per heavy atom. The van der Waals surface area contributed by atoms with Gasteiger partial charge in [0, 0.05) is 10.9 Å². The van der Waals surface area contributed by atoms with Gasteiger partial charge < -0.3 is 26.4 Å². The summed E-state index contributed by atoms with van der Waals surface area (Å²) in [5.41, 5.74) is -0.193. The molecule has 0 unspecified atom stereocenters. The van der Waals surface area contributed by atoms with Crippen molar-refractivity contribution in [1.29, 1.82) is 0 Å². The third-order valence-corrected chi connectivity index (χ3v) is 11.4. The molecule has 0 atom stereocenters. The van der Waals surface area contributed by atoms with Gasteiger partial charge in [-0.25, -0.2) is 25.6 Å². The van der Waals surface area contributed by atoms with Crippen LogP contribution in [0.15, 0.2) is 60.7 Å². The molecular weight excluding hydrogens is 786 g/mol. The van der Waals surface area contributed by atoms with Crippen molar-refractivity contribution in [3.05, 3.63) is 71.8 Å². The largest absolute Gasteiger partial charge is 1.00 e. The molecule has 0 radical (unpaired) electrons. The molecule has 0 bridgehead atoms. The van der Waals surface area contributed by atoms with E-state index in [2.05, 4.69) is 54.3 Å². The van der Waals surface area contributed by atoms with Crippen molar-refractivity contribution in [2.24, 2.45) is 0 Å². The van der Waals surface area contributed by atoms with Gasteiger partial charge in [0.05, 0.1) is 43.7 Å². The Labute approximate surface area is 311 Å². The molecule has 0 N–H and O–H groups in total. The number of benzene rings is 2. The second-order valence-electron chi connectivity index (χ2n) is 14.4. The molecular formula is C36H62Br2F2N2O4S2. The van der Waals surface area contributed by atoms with Crippen molar-refractivity contribution >= 4 is 35.6 Å². The SMILES string of the molecule is BrCc1ccccc1.CC(C)(F)CCS(=O)(=O)CCCC[N+](C)(C)Cc1ccccc1.CN(C)CCCCS(=O)(=O)CCC(C)(C)F.[Br-]. The highest BCUT2D eigenvalue weighted by atomic mass is 79.9. The molecule has 0 aliphatic carbocycles. The minimum absolute atomic E-state index is 0.